The van der Waals surface area contributed by atoms with Crippen molar-refractivity contribution in [2.24, 2.45) is 5.92 Å². The zero-order valence-electron chi connectivity index (χ0n) is 21.7. The summed E-state index contributed by atoms with van der Waals surface area (Å²) >= 11 is 0. The van der Waals surface area contributed by atoms with E-state index in [1.807, 2.05) is 11.0 Å². The van der Waals surface area contributed by atoms with Gasteiger partial charge in [0.1, 0.15) is 12.4 Å². The number of pyridine rings is 1. The highest BCUT2D eigenvalue weighted by Crippen LogP contribution is 2.27. The van der Waals surface area contributed by atoms with Crippen molar-refractivity contribution in [2.75, 3.05) is 39.3 Å². The first-order valence-electron chi connectivity index (χ1n) is 13.5. The molecule has 2 aliphatic heterocycles. The molecule has 3 heterocycles. The summed E-state index contributed by atoms with van der Waals surface area (Å²) in [5.41, 5.74) is 4.66. The molecule has 0 N–H and O–H groups in total. The van der Waals surface area contributed by atoms with E-state index < -0.39 is 0 Å². The van der Waals surface area contributed by atoms with Gasteiger partial charge in [0.25, 0.3) is 0 Å². The third-order valence-corrected chi connectivity index (χ3v) is 7.56. The fraction of sp³-hybridized carbons (Fsp3) is 0.467. The second kappa shape index (κ2) is 11.4. The van der Waals surface area contributed by atoms with Gasteiger partial charge in [-0.05, 0) is 63.1 Å². The Balaban J connectivity index is 1.25. The molecule has 1 saturated heterocycles. The number of amides is 1. The van der Waals surface area contributed by atoms with Gasteiger partial charge in [0, 0.05) is 56.8 Å². The average Bonchev–Trinajstić information content (AvgIpc) is 3.10. The monoisotopic (exact) mass is 486 g/mol. The van der Waals surface area contributed by atoms with Crippen molar-refractivity contribution in [2.45, 2.75) is 46.3 Å². The maximum absolute atomic E-state index is 12.9. The van der Waals surface area contributed by atoms with Gasteiger partial charge in [-0.2, -0.15) is 0 Å². The molecule has 2 aromatic carbocycles. The molecule has 2 aliphatic rings. The van der Waals surface area contributed by atoms with Crippen molar-refractivity contribution >= 4 is 16.8 Å². The van der Waals surface area contributed by atoms with Crippen LogP contribution in [0.1, 0.15) is 43.5 Å². The number of nitrogens with zero attached hydrogens (tertiary/aromatic N) is 4. The van der Waals surface area contributed by atoms with Crippen molar-refractivity contribution in [3.63, 3.8) is 0 Å². The number of carbonyl (C=O) groups excluding carboxylic acids is 1. The zero-order chi connectivity index (χ0) is 24.9. The first-order valence-corrected chi connectivity index (χ1v) is 13.5. The highest BCUT2D eigenvalue weighted by atomic mass is 16.5. The van der Waals surface area contributed by atoms with Gasteiger partial charge in [0.15, 0.2) is 0 Å². The molecule has 6 nitrogen and oxygen atoms in total. The highest BCUT2D eigenvalue weighted by Gasteiger charge is 2.28. The number of likely N-dealkylation sites (tertiary alicyclic amines) is 1. The van der Waals surface area contributed by atoms with Crippen LogP contribution >= 0.6 is 0 Å². The molecule has 0 saturated carbocycles. The van der Waals surface area contributed by atoms with Gasteiger partial charge in [-0.1, -0.05) is 30.3 Å². The molecule has 1 unspecified atom stereocenters. The number of carbonyl (C=O) groups is 1. The molecule has 1 aromatic heterocycles. The predicted octanol–water partition coefficient (Wildman–Crippen LogP) is 4.71. The summed E-state index contributed by atoms with van der Waals surface area (Å²) in [7, 11) is 0. The molecule has 0 aliphatic carbocycles. The molecule has 1 amide bonds. The number of fused-ring (bicyclic) bond motifs is 2. The SMILES string of the molecule is CCN(CC)C(=O)C1CCCN(Cc2ccc3c(c2)CN(Cc2ccc4ccccc4n2)CCO3)C1. The Bertz CT molecular complexity index is 1190. The molecule has 0 spiro atoms. The third-order valence-electron chi connectivity index (χ3n) is 7.56. The number of aromatic nitrogens is 1. The van der Waals surface area contributed by atoms with E-state index in [1.165, 1.54) is 16.5 Å². The number of rotatable bonds is 7. The number of hydrogen-bond acceptors (Lipinski definition) is 5. The van der Waals surface area contributed by atoms with Gasteiger partial charge in [-0.15, -0.1) is 0 Å². The summed E-state index contributed by atoms with van der Waals surface area (Å²) in [4.78, 5) is 24.6. The number of ether oxygens (including phenoxy) is 1. The van der Waals surface area contributed by atoms with Crippen LogP contribution in [0.5, 0.6) is 5.75 Å². The molecule has 5 rings (SSSR count). The number of benzene rings is 2. The lowest BCUT2D eigenvalue weighted by molar-refractivity contribution is -0.137. The maximum atomic E-state index is 12.9. The number of piperidine rings is 1. The normalized spacial score (nSPS) is 18.9. The molecule has 36 heavy (non-hydrogen) atoms. The minimum Gasteiger partial charge on any atom is -0.492 e. The standard InChI is InChI=1S/C30H38N4O2/c1-3-34(4-2)30(35)25-9-7-15-32(20-25)19-23-11-14-29-26(18-23)21-33(16-17-36-29)22-27-13-12-24-8-5-6-10-28(24)31-27/h5-6,8,10-14,18,25H,3-4,7,9,15-17,19-22H2,1-2H3. The maximum Gasteiger partial charge on any atom is 0.226 e. The molecule has 0 radical (unpaired) electrons. The topological polar surface area (TPSA) is 48.9 Å². The van der Waals surface area contributed by atoms with E-state index >= 15 is 0 Å². The van der Waals surface area contributed by atoms with Gasteiger partial charge >= 0.3 is 0 Å². The van der Waals surface area contributed by atoms with E-state index in [9.17, 15) is 4.79 Å². The van der Waals surface area contributed by atoms with Crippen molar-refractivity contribution in [1.82, 2.24) is 19.7 Å². The van der Waals surface area contributed by atoms with Crippen LogP contribution in [0.2, 0.25) is 0 Å². The second-order valence-corrected chi connectivity index (χ2v) is 10.1. The Hall–Kier alpha value is -2.96. The summed E-state index contributed by atoms with van der Waals surface area (Å²) in [5, 5.41) is 1.18. The number of para-hydroxylation sites is 1. The van der Waals surface area contributed by atoms with Gasteiger partial charge in [-0.25, -0.2) is 0 Å². The summed E-state index contributed by atoms with van der Waals surface area (Å²) in [6.45, 7) is 11.7. The van der Waals surface area contributed by atoms with Crippen LogP contribution in [-0.2, 0) is 24.4 Å². The Morgan fingerprint density at radius 1 is 1.03 bits per heavy atom. The van der Waals surface area contributed by atoms with Crippen molar-refractivity contribution in [3.8, 4) is 5.75 Å². The van der Waals surface area contributed by atoms with Crippen LogP contribution in [0.25, 0.3) is 10.9 Å². The van der Waals surface area contributed by atoms with Gasteiger partial charge in [0.05, 0.1) is 17.1 Å². The van der Waals surface area contributed by atoms with Crippen LogP contribution in [0.4, 0.5) is 0 Å². The second-order valence-electron chi connectivity index (χ2n) is 10.1. The minimum atomic E-state index is 0.118. The first-order chi connectivity index (χ1) is 17.6. The Labute approximate surface area is 214 Å². The Morgan fingerprint density at radius 3 is 2.75 bits per heavy atom. The van der Waals surface area contributed by atoms with Crippen LogP contribution in [-0.4, -0.2) is 64.9 Å². The van der Waals surface area contributed by atoms with E-state index in [0.29, 0.717) is 12.5 Å². The van der Waals surface area contributed by atoms with Gasteiger partial charge in [-0.3, -0.25) is 19.6 Å². The molecule has 1 fully saturated rings. The fourth-order valence-electron chi connectivity index (χ4n) is 5.61. The van der Waals surface area contributed by atoms with E-state index in [-0.39, 0.29) is 5.92 Å². The minimum absolute atomic E-state index is 0.118. The lowest BCUT2D eigenvalue weighted by Gasteiger charge is -2.34. The molecular weight excluding hydrogens is 448 g/mol. The fourth-order valence-corrected chi connectivity index (χ4v) is 5.61. The lowest BCUT2D eigenvalue weighted by atomic mass is 9.95. The van der Waals surface area contributed by atoms with Gasteiger partial charge in [0.2, 0.25) is 5.91 Å². The predicted molar refractivity (Wildman–Crippen MR) is 144 cm³/mol. The van der Waals surface area contributed by atoms with Crippen molar-refractivity contribution < 1.29 is 9.53 Å². The third kappa shape index (κ3) is 5.71. The van der Waals surface area contributed by atoms with Crippen molar-refractivity contribution in [1.29, 1.82) is 0 Å². The van der Waals surface area contributed by atoms with Crippen LogP contribution in [0.3, 0.4) is 0 Å². The zero-order valence-corrected chi connectivity index (χ0v) is 21.7. The van der Waals surface area contributed by atoms with E-state index in [0.717, 1.165) is 82.2 Å². The molecule has 6 heteroatoms. The van der Waals surface area contributed by atoms with Gasteiger partial charge < -0.3 is 9.64 Å². The van der Waals surface area contributed by atoms with E-state index in [2.05, 4.69) is 72.2 Å². The summed E-state index contributed by atoms with van der Waals surface area (Å²) in [6, 6.07) is 19.2. The first kappa shape index (κ1) is 24.7. The smallest absolute Gasteiger partial charge is 0.226 e. The molecule has 0 bridgehead atoms. The summed E-state index contributed by atoms with van der Waals surface area (Å²) < 4.78 is 6.11. The largest absolute Gasteiger partial charge is 0.492 e. The van der Waals surface area contributed by atoms with Crippen LogP contribution in [0, 0.1) is 5.92 Å². The van der Waals surface area contributed by atoms with E-state index in [4.69, 9.17) is 9.72 Å². The Kier molecular flexibility index (Phi) is 7.83. The van der Waals surface area contributed by atoms with Crippen LogP contribution in [0.15, 0.2) is 54.6 Å². The van der Waals surface area contributed by atoms with E-state index in [1.54, 1.807) is 0 Å². The van der Waals surface area contributed by atoms with Crippen molar-refractivity contribution in [3.05, 3.63) is 71.4 Å². The lowest BCUT2D eigenvalue weighted by Crippen LogP contribution is -2.44. The number of hydrogen-bond donors (Lipinski definition) is 0. The molecule has 190 valence electrons. The summed E-state index contributed by atoms with van der Waals surface area (Å²) in [5.74, 6) is 1.42. The Morgan fingerprint density at radius 2 is 1.89 bits per heavy atom. The molecular formula is C30H38N4O2. The van der Waals surface area contributed by atoms with Crippen LogP contribution < -0.4 is 4.74 Å². The molecule has 3 aromatic rings. The quantitative estimate of drug-likeness (QED) is 0.484. The average molecular weight is 487 g/mol. The summed E-state index contributed by atoms with van der Waals surface area (Å²) in [6.07, 6.45) is 2.08. The highest BCUT2D eigenvalue weighted by molar-refractivity contribution is 5.79. The molecule has 1 atom stereocenters.